The maximum Gasteiger partial charge on any atom is 0.435 e. The van der Waals surface area contributed by atoms with Crippen LogP contribution in [-0.2, 0) is 9.63 Å². The van der Waals surface area contributed by atoms with E-state index in [0.29, 0.717) is 5.56 Å². The lowest BCUT2D eigenvalue weighted by atomic mass is 10.1. The molecule has 0 N–H and O–H groups in total. The highest BCUT2D eigenvalue weighted by molar-refractivity contribution is 6.68. The Bertz CT molecular complexity index is 690. The maximum absolute atomic E-state index is 13.2. The number of carbonyl (C=O) groups excluding carboxylic acids is 1. The fraction of sp³-hybridized carbons (Fsp3) is 0.267. The summed E-state index contributed by atoms with van der Waals surface area (Å²) in [6.45, 7) is -0.213. The Morgan fingerprint density at radius 1 is 1.39 bits per heavy atom. The maximum atomic E-state index is 13.2. The topological polar surface area (TPSA) is 54.3 Å². The third-order valence-electron chi connectivity index (χ3n) is 3.04. The minimum Gasteiger partial charge on any atom is -0.398 e. The quantitative estimate of drug-likeness (QED) is 0.632. The highest BCUT2D eigenvalue weighted by atomic mass is 19.4. The van der Waals surface area contributed by atoms with Gasteiger partial charge in [0.25, 0.3) is 5.91 Å². The third kappa shape index (κ3) is 3.34. The Kier molecular flexibility index (Phi) is 4.69. The molecule has 2 rings (SSSR count). The van der Waals surface area contributed by atoms with E-state index in [1.165, 1.54) is 0 Å². The summed E-state index contributed by atoms with van der Waals surface area (Å²) < 4.78 is 39.6. The molecular formula is C15H12F3N3O2. The molecule has 1 aliphatic heterocycles. The van der Waals surface area contributed by atoms with Crippen molar-refractivity contribution in [3.63, 3.8) is 0 Å². The van der Waals surface area contributed by atoms with E-state index in [-0.39, 0.29) is 6.54 Å². The fourth-order valence-corrected chi connectivity index (χ4v) is 2.12. The molecule has 1 aromatic carbocycles. The molecule has 0 radical (unpaired) electrons. The molecule has 1 heterocycles. The standard InChI is InChI=1S/C15H12F3N3O2/c1-3-9-21-13(10-7-5-4-6-8-10)19-12(15(16,17)18)11(14(21)22)20-23-2/h1,4-8,13H,9H2,2H3. The summed E-state index contributed by atoms with van der Waals surface area (Å²) in [5, 5.41) is 3.18. The summed E-state index contributed by atoms with van der Waals surface area (Å²) in [4.78, 5) is 21.4. The molecule has 8 heteroatoms. The van der Waals surface area contributed by atoms with Crippen molar-refractivity contribution in [1.29, 1.82) is 0 Å². The van der Waals surface area contributed by atoms with E-state index >= 15 is 0 Å². The molecule has 1 aromatic rings. The van der Waals surface area contributed by atoms with E-state index in [1.807, 2.05) is 0 Å². The molecule has 0 fully saturated rings. The van der Waals surface area contributed by atoms with E-state index in [9.17, 15) is 18.0 Å². The number of nitrogens with zero attached hydrogens (tertiary/aromatic N) is 3. The van der Waals surface area contributed by atoms with Crippen molar-refractivity contribution >= 4 is 17.3 Å². The minimum absolute atomic E-state index is 0.213. The first-order valence-corrected chi connectivity index (χ1v) is 6.46. The zero-order chi connectivity index (χ0) is 17.0. The van der Waals surface area contributed by atoms with Crippen molar-refractivity contribution in [2.75, 3.05) is 13.7 Å². The zero-order valence-corrected chi connectivity index (χ0v) is 12.0. The summed E-state index contributed by atoms with van der Waals surface area (Å²) in [5.41, 5.74) is -1.89. The third-order valence-corrected chi connectivity index (χ3v) is 3.04. The van der Waals surface area contributed by atoms with Gasteiger partial charge < -0.3 is 4.84 Å². The Morgan fingerprint density at radius 3 is 2.57 bits per heavy atom. The summed E-state index contributed by atoms with van der Waals surface area (Å²) in [6, 6.07) is 8.10. The van der Waals surface area contributed by atoms with E-state index in [0.717, 1.165) is 12.0 Å². The van der Waals surface area contributed by atoms with E-state index in [4.69, 9.17) is 6.42 Å². The smallest absolute Gasteiger partial charge is 0.398 e. The second-order valence-corrected chi connectivity index (χ2v) is 4.52. The van der Waals surface area contributed by atoms with Gasteiger partial charge in [-0.1, -0.05) is 41.4 Å². The van der Waals surface area contributed by atoms with Gasteiger partial charge in [-0.3, -0.25) is 9.69 Å². The van der Waals surface area contributed by atoms with Gasteiger partial charge in [-0.2, -0.15) is 13.2 Å². The summed E-state index contributed by atoms with van der Waals surface area (Å²) in [6.07, 6.45) is -0.803. The van der Waals surface area contributed by atoms with Gasteiger partial charge in [0.15, 0.2) is 17.6 Å². The van der Waals surface area contributed by atoms with Gasteiger partial charge >= 0.3 is 6.18 Å². The van der Waals surface area contributed by atoms with Crippen LogP contribution >= 0.6 is 0 Å². The van der Waals surface area contributed by atoms with E-state index in [1.54, 1.807) is 30.3 Å². The molecule has 120 valence electrons. The van der Waals surface area contributed by atoms with Gasteiger partial charge in [0.1, 0.15) is 7.11 Å². The average molecular weight is 323 g/mol. The number of hydrogen-bond donors (Lipinski definition) is 0. The number of terminal acetylenes is 1. The molecule has 1 unspecified atom stereocenters. The molecule has 0 saturated carbocycles. The molecule has 1 amide bonds. The summed E-state index contributed by atoms with van der Waals surface area (Å²) in [5.74, 6) is 1.26. The van der Waals surface area contributed by atoms with Crippen LogP contribution in [0.5, 0.6) is 0 Å². The first-order valence-electron chi connectivity index (χ1n) is 6.46. The summed E-state index contributed by atoms with van der Waals surface area (Å²) in [7, 11) is 1.04. The fourth-order valence-electron chi connectivity index (χ4n) is 2.12. The lowest BCUT2D eigenvalue weighted by Crippen LogP contribution is -2.50. The molecule has 1 aliphatic rings. The van der Waals surface area contributed by atoms with Crippen LogP contribution in [0.1, 0.15) is 11.7 Å². The van der Waals surface area contributed by atoms with Crippen molar-refractivity contribution in [2.45, 2.75) is 12.3 Å². The van der Waals surface area contributed by atoms with Crippen molar-refractivity contribution in [3.8, 4) is 12.3 Å². The Balaban J connectivity index is 2.63. The van der Waals surface area contributed by atoms with E-state index in [2.05, 4.69) is 20.9 Å². The lowest BCUT2D eigenvalue weighted by Gasteiger charge is -2.33. The Hall–Kier alpha value is -2.82. The Labute approximate surface area is 130 Å². The average Bonchev–Trinajstić information content (AvgIpc) is 2.51. The second-order valence-electron chi connectivity index (χ2n) is 4.52. The molecule has 23 heavy (non-hydrogen) atoms. The van der Waals surface area contributed by atoms with Gasteiger partial charge in [0.2, 0.25) is 0 Å². The van der Waals surface area contributed by atoms with Crippen molar-refractivity contribution < 1.29 is 22.8 Å². The zero-order valence-electron chi connectivity index (χ0n) is 12.0. The van der Waals surface area contributed by atoms with Crippen LogP contribution in [0, 0.1) is 12.3 Å². The normalized spacial score (nSPS) is 20.2. The largest absolute Gasteiger partial charge is 0.435 e. The number of halogens is 3. The lowest BCUT2D eigenvalue weighted by molar-refractivity contribution is -0.126. The molecular weight excluding hydrogens is 311 g/mol. The number of amides is 1. The number of hydrogen-bond acceptors (Lipinski definition) is 4. The van der Waals surface area contributed by atoms with Gasteiger partial charge in [-0.25, -0.2) is 4.99 Å². The first-order chi connectivity index (χ1) is 10.9. The molecule has 0 saturated heterocycles. The van der Waals surface area contributed by atoms with E-state index < -0.39 is 29.7 Å². The SMILES string of the molecule is C#CCN1C(=O)C(=NOC)C(C(F)(F)F)=NC1c1ccccc1. The monoisotopic (exact) mass is 323 g/mol. The molecule has 5 nitrogen and oxygen atoms in total. The molecule has 0 spiro atoms. The molecule has 0 bridgehead atoms. The minimum atomic E-state index is -4.84. The number of rotatable bonds is 3. The predicted octanol–water partition coefficient (Wildman–Crippen LogP) is 2.17. The summed E-state index contributed by atoms with van der Waals surface area (Å²) >= 11 is 0. The highest BCUT2D eigenvalue weighted by Gasteiger charge is 2.48. The van der Waals surface area contributed by atoms with Crippen LogP contribution in [0.3, 0.4) is 0 Å². The highest BCUT2D eigenvalue weighted by Crippen LogP contribution is 2.31. The predicted molar refractivity (Wildman–Crippen MR) is 77.7 cm³/mol. The first kappa shape index (κ1) is 16.5. The molecule has 0 aliphatic carbocycles. The second kappa shape index (κ2) is 6.52. The van der Waals surface area contributed by atoms with Crippen LogP contribution in [0.4, 0.5) is 13.2 Å². The van der Waals surface area contributed by atoms with Gasteiger partial charge in [-0.15, -0.1) is 6.42 Å². The Morgan fingerprint density at radius 2 is 2.04 bits per heavy atom. The van der Waals surface area contributed by atoms with Crippen LogP contribution in [-0.4, -0.2) is 42.1 Å². The number of alkyl halides is 3. The van der Waals surface area contributed by atoms with Crippen LogP contribution in [0.2, 0.25) is 0 Å². The van der Waals surface area contributed by atoms with Crippen LogP contribution < -0.4 is 0 Å². The van der Waals surface area contributed by atoms with Crippen molar-refractivity contribution in [3.05, 3.63) is 35.9 Å². The van der Waals surface area contributed by atoms with Gasteiger partial charge in [0, 0.05) is 0 Å². The van der Waals surface area contributed by atoms with Crippen molar-refractivity contribution in [1.82, 2.24) is 4.90 Å². The molecule has 1 atom stereocenters. The van der Waals surface area contributed by atoms with Crippen molar-refractivity contribution in [2.24, 2.45) is 10.1 Å². The van der Waals surface area contributed by atoms with Gasteiger partial charge in [0.05, 0.1) is 6.54 Å². The number of aliphatic imine (C=N–C) groups is 1. The van der Waals surface area contributed by atoms with Gasteiger partial charge in [-0.05, 0) is 5.56 Å². The number of carbonyl (C=O) groups is 1. The molecule has 0 aromatic heterocycles. The number of benzene rings is 1. The number of oxime groups is 1. The van der Waals surface area contributed by atoms with Crippen LogP contribution in [0.25, 0.3) is 0 Å². The van der Waals surface area contributed by atoms with Crippen LogP contribution in [0.15, 0.2) is 40.5 Å².